The van der Waals surface area contributed by atoms with Crippen LogP contribution >= 0.6 is 15.9 Å². The van der Waals surface area contributed by atoms with Crippen molar-refractivity contribution in [2.75, 3.05) is 23.3 Å². The van der Waals surface area contributed by atoms with Crippen LogP contribution in [0.2, 0.25) is 0 Å². The van der Waals surface area contributed by atoms with E-state index in [0.29, 0.717) is 6.42 Å². The second-order valence-corrected chi connectivity index (χ2v) is 4.73. The Kier molecular flexibility index (Phi) is 6.27. The van der Waals surface area contributed by atoms with Crippen LogP contribution in [0.5, 0.6) is 0 Å². The van der Waals surface area contributed by atoms with E-state index < -0.39 is 0 Å². The monoisotopic (exact) mass is 297 g/mol. The third-order valence-corrected chi connectivity index (χ3v) is 3.42. The molecule has 0 fully saturated rings. The van der Waals surface area contributed by atoms with Crippen molar-refractivity contribution in [2.24, 2.45) is 0 Å². The maximum atomic E-state index is 11.8. The summed E-state index contributed by atoms with van der Waals surface area (Å²) >= 11 is 3.34. The first-order valence-electron chi connectivity index (χ1n) is 6.17. The summed E-state index contributed by atoms with van der Waals surface area (Å²) in [6, 6.07) is 7.94. The van der Waals surface area contributed by atoms with Crippen molar-refractivity contribution < 1.29 is 4.79 Å². The van der Waals surface area contributed by atoms with Crippen molar-refractivity contribution in [2.45, 2.75) is 26.7 Å². The molecule has 0 atom stereocenters. The molecular formula is C14H20BrNO. The number of anilines is 1. The molecule has 0 aliphatic rings. The van der Waals surface area contributed by atoms with Gasteiger partial charge in [-0.2, -0.15) is 0 Å². The molecule has 17 heavy (non-hydrogen) atoms. The second kappa shape index (κ2) is 7.49. The van der Waals surface area contributed by atoms with E-state index in [4.69, 9.17) is 0 Å². The average molecular weight is 298 g/mol. The molecule has 0 radical (unpaired) electrons. The van der Waals surface area contributed by atoms with Crippen LogP contribution in [0.25, 0.3) is 0 Å². The lowest BCUT2D eigenvalue weighted by Gasteiger charge is -2.20. The van der Waals surface area contributed by atoms with Crippen LogP contribution in [0.15, 0.2) is 24.3 Å². The predicted molar refractivity (Wildman–Crippen MR) is 77.4 cm³/mol. The van der Waals surface area contributed by atoms with Gasteiger partial charge in [-0.3, -0.25) is 4.79 Å². The lowest BCUT2D eigenvalue weighted by molar-refractivity contribution is 0.0982. The third kappa shape index (κ3) is 4.15. The number of hydrogen-bond acceptors (Lipinski definition) is 2. The van der Waals surface area contributed by atoms with Gasteiger partial charge in [0.25, 0.3) is 0 Å². The molecule has 0 aromatic heterocycles. The van der Waals surface area contributed by atoms with Gasteiger partial charge in [-0.05, 0) is 44.5 Å². The van der Waals surface area contributed by atoms with Crippen LogP contribution in [0, 0.1) is 0 Å². The summed E-state index contributed by atoms with van der Waals surface area (Å²) in [5.41, 5.74) is 2.01. The van der Waals surface area contributed by atoms with Gasteiger partial charge in [-0.25, -0.2) is 0 Å². The van der Waals surface area contributed by atoms with Crippen molar-refractivity contribution in [3.63, 3.8) is 0 Å². The highest BCUT2D eigenvalue weighted by Crippen LogP contribution is 2.16. The van der Waals surface area contributed by atoms with Crippen molar-refractivity contribution in [3.05, 3.63) is 29.8 Å². The number of rotatable bonds is 7. The molecule has 0 amide bonds. The number of ketones is 1. The lowest BCUT2D eigenvalue weighted by Crippen LogP contribution is -2.21. The van der Waals surface area contributed by atoms with Crippen molar-refractivity contribution in [1.29, 1.82) is 0 Å². The van der Waals surface area contributed by atoms with E-state index in [1.54, 1.807) is 0 Å². The molecule has 1 aromatic carbocycles. The molecule has 0 aliphatic carbocycles. The Balaban J connectivity index is 2.70. The summed E-state index contributed by atoms with van der Waals surface area (Å²) in [4.78, 5) is 14.1. The topological polar surface area (TPSA) is 20.3 Å². The first-order valence-corrected chi connectivity index (χ1v) is 7.29. The number of hydrogen-bond donors (Lipinski definition) is 0. The van der Waals surface area contributed by atoms with Crippen LogP contribution in [-0.4, -0.2) is 24.2 Å². The van der Waals surface area contributed by atoms with Crippen molar-refractivity contribution >= 4 is 27.4 Å². The van der Waals surface area contributed by atoms with Crippen LogP contribution in [0.3, 0.4) is 0 Å². The minimum Gasteiger partial charge on any atom is -0.372 e. The fourth-order valence-corrected chi connectivity index (χ4v) is 2.10. The predicted octanol–water partition coefficient (Wildman–Crippen LogP) is 3.89. The molecule has 94 valence electrons. The Morgan fingerprint density at radius 3 is 2.24 bits per heavy atom. The van der Waals surface area contributed by atoms with E-state index in [0.717, 1.165) is 30.4 Å². The number of carbonyl (C=O) groups excluding carboxylic acids is 1. The number of halogens is 1. The van der Waals surface area contributed by atoms with E-state index in [9.17, 15) is 4.79 Å². The highest BCUT2D eigenvalue weighted by molar-refractivity contribution is 9.09. The summed E-state index contributed by atoms with van der Waals surface area (Å²) in [5.74, 6) is 0.232. The normalized spacial score (nSPS) is 10.3. The molecule has 0 N–H and O–H groups in total. The molecule has 1 rings (SSSR count). The Hall–Kier alpha value is -0.830. The van der Waals surface area contributed by atoms with Gasteiger partial charge in [-0.1, -0.05) is 15.9 Å². The Morgan fingerprint density at radius 2 is 1.76 bits per heavy atom. The molecule has 0 bridgehead atoms. The van der Waals surface area contributed by atoms with Crippen LogP contribution in [-0.2, 0) is 0 Å². The SMILES string of the molecule is CCN(CC)c1ccc(C(=O)CCCBr)cc1. The minimum absolute atomic E-state index is 0.232. The standard InChI is InChI=1S/C14H20BrNO/c1-3-16(4-2)13-9-7-12(8-10-13)14(17)6-5-11-15/h7-10H,3-6,11H2,1-2H3. The molecule has 0 saturated carbocycles. The summed E-state index contributed by atoms with van der Waals surface area (Å²) in [7, 11) is 0. The number of benzene rings is 1. The summed E-state index contributed by atoms with van der Waals surface area (Å²) < 4.78 is 0. The van der Waals surface area contributed by atoms with E-state index in [1.807, 2.05) is 24.3 Å². The van der Waals surface area contributed by atoms with Gasteiger partial charge in [-0.15, -0.1) is 0 Å². The minimum atomic E-state index is 0.232. The van der Waals surface area contributed by atoms with Crippen molar-refractivity contribution in [3.8, 4) is 0 Å². The Morgan fingerprint density at radius 1 is 1.18 bits per heavy atom. The first-order chi connectivity index (χ1) is 8.22. The molecule has 0 saturated heterocycles. The highest BCUT2D eigenvalue weighted by atomic mass is 79.9. The highest BCUT2D eigenvalue weighted by Gasteiger charge is 2.06. The number of carbonyl (C=O) groups is 1. The molecule has 0 heterocycles. The van der Waals surface area contributed by atoms with E-state index in [-0.39, 0.29) is 5.78 Å². The largest absolute Gasteiger partial charge is 0.372 e. The van der Waals surface area contributed by atoms with E-state index in [1.165, 1.54) is 5.69 Å². The zero-order chi connectivity index (χ0) is 12.7. The quantitative estimate of drug-likeness (QED) is 0.562. The lowest BCUT2D eigenvalue weighted by atomic mass is 10.1. The smallest absolute Gasteiger partial charge is 0.162 e. The fourth-order valence-electron chi connectivity index (χ4n) is 1.82. The molecule has 0 unspecified atom stereocenters. The van der Waals surface area contributed by atoms with Crippen LogP contribution < -0.4 is 4.90 Å². The maximum Gasteiger partial charge on any atom is 0.162 e. The van der Waals surface area contributed by atoms with Gasteiger partial charge >= 0.3 is 0 Å². The van der Waals surface area contributed by atoms with Crippen LogP contribution in [0.1, 0.15) is 37.0 Å². The molecule has 1 aromatic rings. The maximum absolute atomic E-state index is 11.8. The summed E-state index contributed by atoms with van der Waals surface area (Å²) in [6.07, 6.45) is 1.52. The zero-order valence-electron chi connectivity index (χ0n) is 10.6. The fraction of sp³-hybridized carbons (Fsp3) is 0.500. The van der Waals surface area contributed by atoms with E-state index in [2.05, 4.69) is 34.7 Å². The average Bonchev–Trinajstić information content (AvgIpc) is 2.38. The molecule has 3 heteroatoms. The van der Waals surface area contributed by atoms with Gasteiger partial charge in [0.1, 0.15) is 0 Å². The summed E-state index contributed by atoms with van der Waals surface area (Å²) in [6.45, 7) is 6.26. The number of alkyl halides is 1. The number of Topliss-reactive ketones (excluding diaryl/α,β-unsaturated/α-hetero) is 1. The van der Waals surface area contributed by atoms with Crippen molar-refractivity contribution in [1.82, 2.24) is 0 Å². The molecule has 2 nitrogen and oxygen atoms in total. The molecular weight excluding hydrogens is 278 g/mol. The van der Waals surface area contributed by atoms with Crippen LogP contribution in [0.4, 0.5) is 5.69 Å². The molecule has 0 spiro atoms. The third-order valence-electron chi connectivity index (χ3n) is 2.86. The zero-order valence-corrected chi connectivity index (χ0v) is 12.2. The van der Waals surface area contributed by atoms with Gasteiger partial charge in [0.15, 0.2) is 5.78 Å². The first kappa shape index (κ1) is 14.2. The Labute approximate surface area is 112 Å². The van der Waals surface area contributed by atoms with Gasteiger partial charge < -0.3 is 4.90 Å². The second-order valence-electron chi connectivity index (χ2n) is 3.93. The number of nitrogens with zero attached hydrogens (tertiary/aromatic N) is 1. The molecule has 0 aliphatic heterocycles. The van der Waals surface area contributed by atoms with Gasteiger partial charge in [0.2, 0.25) is 0 Å². The Bertz CT molecular complexity index is 344. The summed E-state index contributed by atoms with van der Waals surface area (Å²) in [5, 5.41) is 0.885. The van der Waals surface area contributed by atoms with E-state index >= 15 is 0 Å². The van der Waals surface area contributed by atoms with Gasteiger partial charge in [0, 0.05) is 36.1 Å². The van der Waals surface area contributed by atoms with Gasteiger partial charge in [0.05, 0.1) is 0 Å².